The van der Waals surface area contributed by atoms with Crippen LogP contribution in [-0.2, 0) is 0 Å². The monoisotopic (exact) mass is 241 g/mol. The van der Waals surface area contributed by atoms with Gasteiger partial charge in [-0.05, 0) is 37.1 Å². The molecule has 0 saturated heterocycles. The molecule has 4 nitrogen and oxygen atoms in total. The zero-order chi connectivity index (χ0) is 13.0. The number of benzene rings is 1. The van der Waals surface area contributed by atoms with Crippen LogP contribution in [-0.4, -0.2) is 17.1 Å². The summed E-state index contributed by atoms with van der Waals surface area (Å²) < 4.78 is 0. The van der Waals surface area contributed by atoms with Gasteiger partial charge in [-0.3, -0.25) is 4.79 Å². The van der Waals surface area contributed by atoms with Crippen molar-refractivity contribution in [2.24, 2.45) is 5.10 Å². The third-order valence-corrected chi connectivity index (χ3v) is 2.65. The molecule has 1 aromatic heterocycles. The van der Waals surface area contributed by atoms with Gasteiger partial charge < -0.3 is 4.98 Å². The highest BCUT2D eigenvalue weighted by Gasteiger charge is 2.03. The highest BCUT2D eigenvalue weighted by atomic mass is 16.2. The summed E-state index contributed by atoms with van der Waals surface area (Å²) in [6.45, 7) is 4.03. The number of H-pyrrole nitrogens is 1. The minimum absolute atomic E-state index is 0.249. The maximum absolute atomic E-state index is 11.6. The Morgan fingerprint density at radius 3 is 2.89 bits per heavy atom. The normalized spacial score (nSPS) is 10.8. The fourth-order valence-electron chi connectivity index (χ4n) is 1.59. The Bertz CT molecular complexity index is 571. The smallest absolute Gasteiger partial charge is 0.287 e. The van der Waals surface area contributed by atoms with E-state index in [1.54, 1.807) is 24.5 Å². The number of hydrogen-bond donors (Lipinski definition) is 2. The van der Waals surface area contributed by atoms with E-state index in [2.05, 4.69) is 15.5 Å². The van der Waals surface area contributed by atoms with Crippen LogP contribution in [0.25, 0.3) is 0 Å². The largest absolute Gasteiger partial charge is 0.357 e. The van der Waals surface area contributed by atoms with Crippen molar-refractivity contribution in [2.75, 3.05) is 0 Å². The summed E-state index contributed by atoms with van der Waals surface area (Å²) in [7, 11) is 0. The highest BCUT2D eigenvalue weighted by Crippen LogP contribution is 2.07. The summed E-state index contributed by atoms with van der Waals surface area (Å²) in [6, 6.07) is 9.57. The van der Waals surface area contributed by atoms with E-state index < -0.39 is 0 Å². The molecule has 0 saturated carbocycles. The van der Waals surface area contributed by atoms with E-state index in [4.69, 9.17) is 0 Å². The molecule has 1 aromatic carbocycles. The Morgan fingerprint density at radius 1 is 1.33 bits per heavy atom. The van der Waals surface area contributed by atoms with Gasteiger partial charge in [0.05, 0.1) is 6.21 Å². The highest BCUT2D eigenvalue weighted by molar-refractivity contribution is 5.93. The molecule has 1 amide bonds. The number of nitrogens with one attached hydrogen (secondary N) is 2. The number of aromatic amines is 1. The number of amides is 1. The van der Waals surface area contributed by atoms with Crippen molar-refractivity contribution in [1.29, 1.82) is 0 Å². The number of carbonyl (C=O) groups excluding carboxylic acids is 1. The van der Waals surface area contributed by atoms with Crippen LogP contribution in [0.3, 0.4) is 0 Å². The van der Waals surface area contributed by atoms with Crippen LogP contribution in [0.1, 0.15) is 27.2 Å². The summed E-state index contributed by atoms with van der Waals surface area (Å²) >= 11 is 0. The SMILES string of the molecule is Cc1ccc(C)c(/C=N\NC(=O)c2ccc[nH]2)c1. The van der Waals surface area contributed by atoms with E-state index in [0.29, 0.717) is 5.69 Å². The lowest BCUT2D eigenvalue weighted by atomic mass is 10.1. The lowest BCUT2D eigenvalue weighted by molar-refractivity contribution is 0.0951. The maximum atomic E-state index is 11.6. The Kier molecular flexibility index (Phi) is 3.57. The van der Waals surface area contributed by atoms with Crippen LogP contribution in [0.4, 0.5) is 0 Å². The van der Waals surface area contributed by atoms with Crippen molar-refractivity contribution in [3.8, 4) is 0 Å². The quantitative estimate of drug-likeness (QED) is 0.629. The first-order chi connectivity index (χ1) is 8.66. The third-order valence-electron chi connectivity index (χ3n) is 2.65. The van der Waals surface area contributed by atoms with Crippen molar-refractivity contribution in [2.45, 2.75) is 13.8 Å². The summed E-state index contributed by atoms with van der Waals surface area (Å²) in [5, 5.41) is 3.95. The van der Waals surface area contributed by atoms with Crippen LogP contribution < -0.4 is 5.43 Å². The number of hydrogen-bond acceptors (Lipinski definition) is 2. The number of carbonyl (C=O) groups is 1. The molecule has 0 aliphatic rings. The zero-order valence-corrected chi connectivity index (χ0v) is 10.4. The molecular weight excluding hydrogens is 226 g/mol. The average molecular weight is 241 g/mol. The van der Waals surface area contributed by atoms with Crippen LogP contribution in [0, 0.1) is 13.8 Å². The Labute approximate surface area is 106 Å². The number of aryl methyl sites for hydroxylation is 2. The van der Waals surface area contributed by atoms with E-state index in [1.807, 2.05) is 32.0 Å². The van der Waals surface area contributed by atoms with Gasteiger partial charge in [0, 0.05) is 6.20 Å². The first-order valence-corrected chi connectivity index (χ1v) is 5.71. The molecule has 0 fully saturated rings. The van der Waals surface area contributed by atoms with Crippen LogP contribution in [0.15, 0.2) is 41.6 Å². The predicted octanol–water partition coefficient (Wildman–Crippen LogP) is 2.40. The van der Waals surface area contributed by atoms with Crippen LogP contribution >= 0.6 is 0 Å². The van der Waals surface area contributed by atoms with E-state index in [9.17, 15) is 4.79 Å². The van der Waals surface area contributed by atoms with Gasteiger partial charge in [0.2, 0.25) is 0 Å². The zero-order valence-electron chi connectivity index (χ0n) is 10.4. The number of aromatic nitrogens is 1. The average Bonchev–Trinajstić information content (AvgIpc) is 2.87. The van der Waals surface area contributed by atoms with Gasteiger partial charge in [-0.1, -0.05) is 23.8 Å². The van der Waals surface area contributed by atoms with Crippen molar-refractivity contribution >= 4 is 12.1 Å². The first-order valence-electron chi connectivity index (χ1n) is 5.71. The summed E-state index contributed by atoms with van der Waals surface area (Å²) in [5.41, 5.74) is 6.26. The molecule has 2 aromatic rings. The summed E-state index contributed by atoms with van der Waals surface area (Å²) in [4.78, 5) is 14.4. The van der Waals surface area contributed by atoms with Gasteiger partial charge in [0.1, 0.15) is 5.69 Å². The molecule has 0 unspecified atom stereocenters. The van der Waals surface area contributed by atoms with Crippen LogP contribution in [0.5, 0.6) is 0 Å². The maximum Gasteiger partial charge on any atom is 0.287 e. The molecule has 0 bridgehead atoms. The van der Waals surface area contributed by atoms with E-state index in [0.717, 1.165) is 16.7 Å². The van der Waals surface area contributed by atoms with Gasteiger partial charge in [-0.2, -0.15) is 5.10 Å². The topological polar surface area (TPSA) is 57.2 Å². The fraction of sp³-hybridized carbons (Fsp3) is 0.143. The molecule has 2 rings (SSSR count). The second kappa shape index (κ2) is 5.31. The standard InChI is InChI=1S/C14H15N3O/c1-10-5-6-11(2)12(8-10)9-16-17-14(18)13-4-3-7-15-13/h3-9,15H,1-2H3,(H,17,18)/b16-9-. The van der Waals surface area contributed by atoms with Gasteiger partial charge in [-0.15, -0.1) is 0 Å². The third kappa shape index (κ3) is 2.85. The molecule has 4 heteroatoms. The lowest BCUT2D eigenvalue weighted by Gasteiger charge is -2.01. The molecule has 0 radical (unpaired) electrons. The van der Waals surface area contributed by atoms with Crippen molar-refractivity contribution in [3.05, 3.63) is 58.9 Å². The lowest BCUT2D eigenvalue weighted by Crippen LogP contribution is -2.17. The molecule has 2 N–H and O–H groups in total. The molecule has 0 aliphatic heterocycles. The number of rotatable bonds is 3. The molecular formula is C14H15N3O. The van der Waals surface area contributed by atoms with Crippen molar-refractivity contribution in [3.63, 3.8) is 0 Å². The Morgan fingerprint density at radius 2 is 2.17 bits per heavy atom. The summed E-state index contributed by atoms with van der Waals surface area (Å²) in [6.07, 6.45) is 3.35. The fourth-order valence-corrected chi connectivity index (χ4v) is 1.59. The molecule has 1 heterocycles. The Balaban J connectivity index is 2.03. The summed E-state index contributed by atoms with van der Waals surface area (Å²) in [5.74, 6) is -0.249. The van der Waals surface area contributed by atoms with Gasteiger partial charge in [0.15, 0.2) is 0 Å². The number of nitrogens with zero attached hydrogens (tertiary/aromatic N) is 1. The van der Waals surface area contributed by atoms with Gasteiger partial charge >= 0.3 is 0 Å². The number of hydrazone groups is 1. The minimum Gasteiger partial charge on any atom is -0.357 e. The van der Waals surface area contributed by atoms with Crippen molar-refractivity contribution < 1.29 is 4.79 Å². The predicted molar refractivity (Wildman–Crippen MR) is 71.8 cm³/mol. The van der Waals surface area contributed by atoms with Crippen LogP contribution in [0.2, 0.25) is 0 Å². The molecule has 18 heavy (non-hydrogen) atoms. The molecule has 92 valence electrons. The Hall–Kier alpha value is -2.36. The molecule has 0 spiro atoms. The second-order valence-corrected chi connectivity index (χ2v) is 4.14. The first kappa shape index (κ1) is 12.1. The van der Waals surface area contributed by atoms with Crippen molar-refractivity contribution in [1.82, 2.24) is 10.4 Å². The van der Waals surface area contributed by atoms with Gasteiger partial charge in [0.25, 0.3) is 5.91 Å². The second-order valence-electron chi connectivity index (χ2n) is 4.14. The van der Waals surface area contributed by atoms with Gasteiger partial charge in [-0.25, -0.2) is 5.43 Å². The minimum atomic E-state index is -0.249. The molecule has 0 aliphatic carbocycles. The molecule has 0 atom stereocenters. The van der Waals surface area contributed by atoms with E-state index >= 15 is 0 Å². The van der Waals surface area contributed by atoms with E-state index in [1.165, 1.54) is 0 Å². The van der Waals surface area contributed by atoms with E-state index in [-0.39, 0.29) is 5.91 Å².